The Morgan fingerprint density at radius 2 is 2.29 bits per heavy atom. The van der Waals surface area contributed by atoms with E-state index in [2.05, 4.69) is 10.1 Å². The van der Waals surface area contributed by atoms with Crippen molar-refractivity contribution >= 4 is 11.7 Å². The fourth-order valence-corrected chi connectivity index (χ4v) is 1.51. The quantitative estimate of drug-likeness (QED) is 0.540. The van der Waals surface area contributed by atoms with Crippen molar-refractivity contribution in [2.45, 2.75) is 6.42 Å². The third kappa shape index (κ3) is 1.62. The van der Waals surface area contributed by atoms with Crippen LogP contribution in [-0.2, 0) is 16.0 Å². The van der Waals surface area contributed by atoms with Crippen LogP contribution in [0.3, 0.4) is 0 Å². The van der Waals surface area contributed by atoms with Crippen LogP contribution in [0.15, 0.2) is 36.0 Å². The van der Waals surface area contributed by atoms with Crippen molar-refractivity contribution in [3.63, 3.8) is 0 Å². The molecule has 0 spiro atoms. The highest BCUT2D eigenvalue weighted by atomic mass is 16.5. The van der Waals surface area contributed by atoms with Gasteiger partial charge < -0.3 is 10.1 Å². The average molecular weight is 189 g/mol. The van der Waals surface area contributed by atoms with Gasteiger partial charge in [0, 0.05) is 23.9 Å². The molecular weight excluding hydrogens is 178 g/mol. The molecule has 1 N–H and O–H groups in total. The molecule has 1 aliphatic heterocycles. The van der Waals surface area contributed by atoms with E-state index in [-0.39, 0.29) is 5.97 Å². The van der Waals surface area contributed by atoms with E-state index in [0.29, 0.717) is 0 Å². The molecule has 3 heteroatoms. The predicted molar refractivity (Wildman–Crippen MR) is 53.9 cm³/mol. The normalized spacial score (nSPS) is 16.2. The molecule has 1 aromatic rings. The summed E-state index contributed by atoms with van der Waals surface area (Å²) in [5, 5.41) is 3.16. The number of anilines is 1. The Hall–Kier alpha value is -1.77. The maximum Gasteiger partial charge on any atom is 0.332 e. The monoisotopic (exact) mass is 189 g/mol. The molecule has 0 aromatic heterocycles. The van der Waals surface area contributed by atoms with E-state index in [1.807, 2.05) is 24.3 Å². The lowest BCUT2D eigenvalue weighted by atomic mass is 10.1. The number of hydrogen-bond acceptors (Lipinski definition) is 3. The van der Waals surface area contributed by atoms with Crippen LogP contribution in [0.4, 0.5) is 5.69 Å². The third-order valence-corrected chi connectivity index (χ3v) is 2.19. The zero-order valence-corrected chi connectivity index (χ0v) is 7.91. The van der Waals surface area contributed by atoms with Crippen molar-refractivity contribution in [3.05, 3.63) is 41.6 Å². The zero-order valence-electron chi connectivity index (χ0n) is 7.91. The summed E-state index contributed by atoms with van der Waals surface area (Å²) >= 11 is 0. The molecule has 0 bridgehead atoms. The summed E-state index contributed by atoms with van der Waals surface area (Å²) in [5.41, 5.74) is 3.17. The van der Waals surface area contributed by atoms with Gasteiger partial charge in [0.25, 0.3) is 0 Å². The molecule has 0 atom stereocenters. The highest BCUT2D eigenvalue weighted by molar-refractivity contribution is 5.84. The Labute approximate surface area is 82.4 Å². The molecule has 1 heterocycles. The number of nitrogens with one attached hydrogen (secondary N) is 1. The van der Waals surface area contributed by atoms with Gasteiger partial charge in [-0.25, -0.2) is 4.79 Å². The topological polar surface area (TPSA) is 38.3 Å². The van der Waals surface area contributed by atoms with E-state index in [4.69, 9.17) is 0 Å². The molecule has 1 aliphatic rings. The fraction of sp³-hybridized carbons (Fsp3) is 0.182. The summed E-state index contributed by atoms with van der Waals surface area (Å²) in [5.74, 6) is -0.319. The Balaban J connectivity index is 2.19. The second kappa shape index (κ2) is 3.54. The molecular formula is C11H11NO2. The van der Waals surface area contributed by atoms with Gasteiger partial charge in [-0.05, 0) is 11.6 Å². The summed E-state index contributed by atoms with van der Waals surface area (Å²) < 4.78 is 4.56. The number of hydrogen-bond donors (Lipinski definition) is 1. The number of allylic oxidation sites excluding steroid dienone is 1. The van der Waals surface area contributed by atoms with Gasteiger partial charge in [-0.3, -0.25) is 0 Å². The van der Waals surface area contributed by atoms with Crippen LogP contribution in [0.5, 0.6) is 0 Å². The number of methoxy groups -OCH3 is 1. The Kier molecular flexibility index (Phi) is 2.23. The number of benzene rings is 1. The number of para-hydroxylation sites is 1. The second-order valence-electron chi connectivity index (χ2n) is 3.15. The number of carbonyl (C=O) groups excluding carboxylic acids is 1. The van der Waals surface area contributed by atoms with Gasteiger partial charge in [0.15, 0.2) is 0 Å². The summed E-state index contributed by atoms with van der Waals surface area (Å²) in [6.07, 6.45) is 2.26. The van der Waals surface area contributed by atoms with Gasteiger partial charge in [0.1, 0.15) is 0 Å². The molecule has 0 radical (unpaired) electrons. The molecule has 0 saturated carbocycles. The smallest absolute Gasteiger partial charge is 0.332 e. The zero-order chi connectivity index (χ0) is 9.97. The van der Waals surface area contributed by atoms with Crippen LogP contribution in [0.25, 0.3) is 0 Å². The molecule has 0 amide bonds. The molecule has 0 unspecified atom stereocenters. The van der Waals surface area contributed by atoms with Crippen LogP contribution in [0.1, 0.15) is 5.56 Å². The lowest BCUT2D eigenvalue weighted by Gasteiger charge is -1.98. The fourth-order valence-electron chi connectivity index (χ4n) is 1.51. The van der Waals surface area contributed by atoms with Gasteiger partial charge >= 0.3 is 5.97 Å². The number of carbonyl (C=O) groups is 1. The van der Waals surface area contributed by atoms with Crippen LogP contribution in [0, 0.1) is 0 Å². The van der Waals surface area contributed by atoms with Gasteiger partial charge in [0.05, 0.1) is 7.11 Å². The summed E-state index contributed by atoms with van der Waals surface area (Å²) in [6.45, 7) is 0. The van der Waals surface area contributed by atoms with Gasteiger partial charge in [0.2, 0.25) is 0 Å². The van der Waals surface area contributed by atoms with Crippen LogP contribution in [0.2, 0.25) is 0 Å². The maximum absolute atomic E-state index is 11.0. The van der Waals surface area contributed by atoms with E-state index >= 15 is 0 Å². The largest absolute Gasteiger partial charge is 0.466 e. The van der Waals surface area contributed by atoms with Crippen LogP contribution < -0.4 is 5.32 Å². The Bertz CT molecular complexity index is 369. The summed E-state index contributed by atoms with van der Waals surface area (Å²) in [6, 6.07) is 7.99. The van der Waals surface area contributed by atoms with E-state index < -0.39 is 0 Å². The van der Waals surface area contributed by atoms with E-state index in [1.54, 1.807) is 0 Å². The van der Waals surface area contributed by atoms with Crippen LogP contribution >= 0.6 is 0 Å². The molecule has 3 nitrogen and oxygen atoms in total. The molecule has 72 valence electrons. The van der Waals surface area contributed by atoms with Crippen molar-refractivity contribution in [2.75, 3.05) is 12.4 Å². The number of ether oxygens (including phenoxy) is 1. The lowest BCUT2D eigenvalue weighted by Crippen LogP contribution is -2.00. The second-order valence-corrected chi connectivity index (χ2v) is 3.15. The predicted octanol–water partition coefficient (Wildman–Crippen LogP) is 1.71. The number of fused-ring (bicyclic) bond motifs is 1. The van der Waals surface area contributed by atoms with E-state index in [9.17, 15) is 4.79 Å². The minimum absolute atomic E-state index is 0.319. The van der Waals surface area contributed by atoms with Crippen LogP contribution in [-0.4, -0.2) is 13.1 Å². The van der Waals surface area contributed by atoms with E-state index in [0.717, 1.165) is 17.8 Å². The average Bonchev–Trinajstić information content (AvgIpc) is 2.59. The first-order valence-electron chi connectivity index (χ1n) is 4.43. The standard InChI is InChI=1S/C11H11NO2/c1-14-11(13)7-9-6-8-4-2-3-5-10(8)12-9/h2-5,7,12H,6H2,1H3/b9-7-. The molecule has 2 rings (SSSR count). The SMILES string of the molecule is COC(=O)/C=C1/Cc2ccccc2N1. The molecule has 0 saturated heterocycles. The first kappa shape index (κ1) is 8.81. The van der Waals surface area contributed by atoms with Gasteiger partial charge in [-0.15, -0.1) is 0 Å². The highest BCUT2D eigenvalue weighted by Crippen LogP contribution is 2.26. The van der Waals surface area contributed by atoms with Crippen molar-refractivity contribution in [3.8, 4) is 0 Å². The minimum atomic E-state index is -0.319. The highest BCUT2D eigenvalue weighted by Gasteiger charge is 2.14. The van der Waals surface area contributed by atoms with Gasteiger partial charge in [-0.2, -0.15) is 0 Å². The number of rotatable bonds is 1. The molecule has 0 fully saturated rings. The summed E-state index contributed by atoms with van der Waals surface area (Å²) in [4.78, 5) is 11.0. The Morgan fingerprint density at radius 3 is 3.00 bits per heavy atom. The minimum Gasteiger partial charge on any atom is -0.466 e. The van der Waals surface area contributed by atoms with Gasteiger partial charge in [-0.1, -0.05) is 18.2 Å². The van der Waals surface area contributed by atoms with Crippen molar-refractivity contribution in [2.24, 2.45) is 0 Å². The maximum atomic E-state index is 11.0. The molecule has 14 heavy (non-hydrogen) atoms. The molecule has 1 aromatic carbocycles. The first-order valence-corrected chi connectivity index (χ1v) is 4.43. The summed E-state index contributed by atoms with van der Waals surface area (Å²) in [7, 11) is 1.38. The Morgan fingerprint density at radius 1 is 1.50 bits per heavy atom. The van der Waals surface area contributed by atoms with Crippen molar-refractivity contribution in [1.29, 1.82) is 0 Å². The van der Waals surface area contributed by atoms with Crippen molar-refractivity contribution < 1.29 is 9.53 Å². The third-order valence-electron chi connectivity index (χ3n) is 2.19. The first-order chi connectivity index (χ1) is 6.79. The number of esters is 1. The lowest BCUT2D eigenvalue weighted by molar-refractivity contribution is -0.134. The van der Waals surface area contributed by atoms with Crippen molar-refractivity contribution in [1.82, 2.24) is 0 Å². The van der Waals surface area contributed by atoms with E-state index in [1.165, 1.54) is 18.7 Å². The molecule has 0 aliphatic carbocycles.